The van der Waals surface area contributed by atoms with E-state index in [2.05, 4.69) is 5.10 Å². The molecule has 1 saturated heterocycles. The third kappa shape index (κ3) is 4.56. The van der Waals surface area contributed by atoms with Crippen molar-refractivity contribution < 1.29 is 13.9 Å². The fourth-order valence-electron chi connectivity index (χ4n) is 3.89. The number of piperidine rings is 1. The van der Waals surface area contributed by atoms with Crippen LogP contribution < -0.4 is 10.4 Å². The topological polar surface area (TPSA) is 77.6 Å². The Morgan fingerprint density at radius 3 is 2.83 bits per heavy atom. The molecular weight excluding hydrogens is 382 g/mol. The number of ether oxygens (including phenoxy) is 1. The Hall–Kier alpha value is -3.09. The minimum absolute atomic E-state index is 0.0970. The highest BCUT2D eigenvalue weighted by Gasteiger charge is 2.26. The first-order valence-electron chi connectivity index (χ1n) is 10.6. The van der Waals surface area contributed by atoms with Gasteiger partial charge in [0.25, 0.3) is 5.91 Å². The van der Waals surface area contributed by atoms with Gasteiger partial charge in [0.2, 0.25) is 0 Å². The lowest BCUT2D eigenvalue weighted by atomic mass is 9.93. The van der Waals surface area contributed by atoms with Gasteiger partial charge in [-0.1, -0.05) is 6.92 Å². The predicted octanol–water partition coefficient (Wildman–Crippen LogP) is 3.72. The summed E-state index contributed by atoms with van der Waals surface area (Å²) in [5, 5.41) is 4.96. The molecule has 1 fully saturated rings. The van der Waals surface area contributed by atoms with E-state index < -0.39 is 5.63 Å². The molecule has 7 nitrogen and oxygen atoms in total. The van der Waals surface area contributed by atoms with Gasteiger partial charge in [0.15, 0.2) is 0 Å². The summed E-state index contributed by atoms with van der Waals surface area (Å²) in [6, 6.07) is 8.91. The average Bonchev–Trinajstić information content (AvgIpc) is 3.29. The quantitative estimate of drug-likeness (QED) is 0.556. The van der Waals surface area contributed by atoms with Gasteiger partial charge < -0.3 is 14.1 Å². The highest BCUT2D eigenvalue weighted by molar-refractivity contribution is 5.96. The van der Waals surface area contributed by atoms with Crippen molar-refractivity contribution in [3.8, 4) is 5.75 Å². The van der Waals surface area contributed by atoms with Crippen molar-refractivity contribution in [1.82, 2.24) is 14.7 Å². The first-order chi connectivity index (χ1) is 14.6. The van der Waals surface area contributed by atoms with E-state index >= 15 is 0 Å². The molecule has 0 saturated carbocycles. The number of rotatable bonds is 7. The van der Waals surface area contributed by atoms with E-state index in [1.54, 1.807) is 23.2 Å². The van der Waals surface area contributed by atoms with Crippen molar-refractivity contribution in [2.45, 2.75) is 39.2 Å². The van der Waals surface area contributed by atoms with Crippen LogP contribution in [0.2, 0.25) is 0 Å². The van der Waals surface area contributed by atoms with Gasteiger partial charge in [-0.15, -0.1) is 0 Å². The molecule has 3 heterocycles. The molecule has 4 rings (SSSR count). The second kappa shape index (κ2) is 9.15. The summed E-state index contributed by atoms with van der Waals surface area (Å²) < 4.78 is 13.0. The summed E-state index contributed by atoms with van der Waals surface area (Å²) in [6.07, 6.45) is 7.57. The molecule has 1 amide bonds. The number of likely N-dealkylation sites (tertiary alicyclic amines) is 1. The fraction of sp³-hybridized carbons (Fsp3) is 0.435. The maximum Gasteiger partial charge on any atom is 0.349 e. The van der Waals surface area contributed by atoms with Crippen molar-refractivity contribution in [2.24, 2.45) is 5.92 Å². The summed E-state index contributed by atoms with van der Waals surface area (Å²) in [5.74, 6) is 0.971. The second-order valence-corrected chi connectivity index (χ2v) is 7.79. The molecule has 1 aliphatic heterocycles. The Bertz CT molecular complexity index is 1050. The molecular formula is C23H27N3O4. The second-order valence-electron chi connectivity index (χ2n) is 7.79. The van der Waals surface area contributed by atoms with Crippen molar-refractivity contribution >= 4 is 16.9 Å². The van der Waals surface area contributed by atoms with Gasteiger partial charge in [0, 0.05) is 43.5 Å². The minimum atomic E-state index is -0.596. The van der Waals surface area contributed by atoms with Gasteiger partial charge in [-0.3, -0.25) is 9.48 Å². The number of aryl methyl sites for hydroxylation is 1. The van der Waals surface area contributed by atoms with Gasteiger partial charge in [0.1, 0.15) is 16.9 Å². The zero-order valence-corrected chi connectivity index (χ0v) is 17.3. The molecule has 0 aliphatic carbocycles. The molecule has 0 unspecified atom stereocenters. The molecule has 0 N–H and O–H groups in total. The van der Waals surface area contributed by atoms with Crippen LogP contribution in [0.5, 0.6) is 5.75 Å². The van der Waals surface area contributed by atoms with Crippen LogP contribution >= 0.6 is 0 Å². The summed E-state index contributed by atoms with van der Waals surface area (Å²) in [5.41, 5.74) is -0.0665. The Morgan fingerprint density at radius 1 is 1.27 bits per heavy atom. The summed E-state index contributed by atoms with van der Waals surface area (Å²) in [4.78, 5) is 27.2. The third-order valence-electron chi connectivity index (χ3n) is 5.64. The molecule has 2 aromatic heterocycles. The normalized spacial score (nSPS) is 14.9. The molecule has 0 radical (unpaired) electrons. The molecule has 1 aliphatic rings. The van der Waals surface area contributed by atoms with Crippen LogP contribution in [0, 0.1) is 5.92 Å². The molecule has 0 bridgehead atoms. The Labute approximate surface area is 175 Å². The fourth-order valence-corrected chi connectivity index (χ4v) is 3.89. The van der Waals surface area contributed by atoms with Crippen molar-refractivity contribution in [3.05, 3.63) is 58.7 Å². The van der Waals surface area contributed by atoms with Gasteiger partial charge in [-0.25, -0.2) is 4.79 Å². The first-order valence-corrected chi connectivity index (χ1v) is 10.6. The van der Waals surface area contributed by atoms with E-state index in [4.69, 9.17) is 9.15 Å². The largest absolute Gasteiger partial charge is 0.493 e. The molecule has 30 heavy (non-hydrogen) atoms. The molecule has 1 aromatic carbocycles. The van der Waals surface area contributed by atoms with Gasteiger partial charge in [-0.05, 0) is 55.9 Å². The van der Waals surface area contributed by atoms with E-state index in [1.165, 1.54) is 0 Å². The number of benzene rings is 1. The van der Waals surface area contributed by atoms with Gasteiger partial charge in [-0.2, -0.15) is 5.10 Å². The molecule has 0 spiro atoms. The Balaban J connectivity index is 1.40. The van der Waals surface area contributed by atoms with Crippen LogP contribution in [-0.4, -0.2) is 40.3 Å². The average molecular weight is 409 g/mol. The smallest absolute Gasteiger partial charge is 0.349 e. The van der Waals surface area contributed by atoms with Gasteiger partial charge in [0.05, 0.1) is 6.61 Å². The third-order valence-corrected chi connectivity index (χ3v) is 5.64. The van der Waals surface area contributed by atoms with Gasteiger partial charge >= 0.3 is 5.63 Å². The lowest BCUT2D eigenvalue weighted by Gasteiger charge is -2.31. The minimum Gasteiger partial charge on any atom is -0.493 e. The van der Waals surface area contributed by atoms with Crippen molar-refractivity contribution in [2.75, 3.05) is 19.7 Å². The van der Waals surface area contributed by atoms with Crippen LogP contribution in [0.25, 0.3) is 11.0 Å². The number of carbonyl (C=O) groups is 1. The Kier molecular flexibility index (Phi) is 6.16. The molecule has 7 heteroatoms. The SMILES string of the molecule is CCCOc1ccc2cc(C(=O)N3CCC(CCn4cccn4)CC3)c(=O)oc2c1. The first kappa shape index (κ1) is 20.2. The molecule has 3 aromatic rings. The predicted molar refractivity (Wildman–Crippen MR) is 114 cm³/mol. The van der Waals surface area contributed by atoms with Crippen molar-refractivity contribution in [3.63, 3.8) is 0 Å². The zero-order valence-electron chi connectivity index (χ0n) is 17.3. The molecule has 158 valence electrons. The van der Waals surface area contributed by atoms with Crippen LogP contribution in [0.1, 0.15) is 43.0 Å². The maximum atomic E-state index is 13.0. The summed E-state index contributed by atoms with van der Waals surface area (Å²) in [6.45, 7) is 4.84. The monoisotopic (exact) mass is 409 g/mol. The van der Waals surface area contributed by atoms with E-state index in [9.17, 15) is 9.59 Å². The van der Waals surface area contributed by atoms with Crippen molar-refractivity contribution in [1.29, 1.82) is 0 Å². The lowest BCUT2D eigenvalue weighted by Crippen LogP contribution is -2.40. The van der Waals surface area contributed by atoms with Crippen LogP contribution in [-0.2, 0) is 6.54 Å². The summed E-state index contributed by atoms with van der Waals surface area (Å²) >= 11 is 0. The van der Waals surface area contributed by atoms with Crippen LogP contribution in [0.3, 0.4) is 0 Å². The number of carbonyl (C=O) groups excluding carboxylic acids is 1. The highest BCUT2D eigenvalue weighted by Crippen LogP contribution is 2.24. The zero-order chi connectivity index (χ0) is 20.9. The number of hydrogen-bond acceptors (Lipinski definition) is 5. The van der Waals surface area contributed by atoms with Crippen LogP contribution in [0.4, 0.5) is 0 Å². The summed E-state index contributed by atoms with van der Waals surface area (Å²) in [7, 11) is 0. The Morgan fingerprint density at radius 2 is 2.10 bits per heavy atom. The number of hydrogen-bond donors (Lipinski definition) is 0. The van der Waals surface area contributed by atoms with E-state index in [0.717, 1.165) is 37.6 Å². The van der Waals surface area contributed by atoms with E-state index in [-0.39, 0.29) is 11.5 Å². The highest BCUT2D eigenvalue weighted by atomic mass is 16.5. The van der Waals surface area contributed by atoms with Crippen LogP contribution in [0.15, 0.2) is 51.9 Å². The maximum absolute atomic E-state index is 13.0. The lowest BCUT2D eigenvalue weighted by molar-refractivity contribution is 0.0680. The molecule has 0 atom stereocenters. The van der Waals surface area contributed by atoms with E-state index in [0.29, 0.717) is 36.9 Å². The number of fused-ring (bicyclic) bond motifs is 1. The standard InChI is InChI=1S/C23H27N3O4/c1-2-14-29-19-5-4-18-15-20(23(28)30-21(18)16-19)22(27)25-11-6-17(7-12-25)8-13-26-10-3-9-24-26/h3-5,9-10,15-17H,2,6-8,11-14H2,1H3. The van der Waals surface area contributed by atoms with E-state index in [1.807, 2.05) is 36.0 Å². The number of amides is 1. The number of aromatic nitrogens is 2. The number of nitrogens with zero attached hydrogens (tertiary/aromatic N) is 3.